The van der Waals surface area contributed by atoms with E-state index in [2.05, 4.69) is 31.0 Å². The number of ether oxygens (including phenoxy) is 1. The number of hydrogen-bond acceptors (Lipinski definition) is 3. The summed E-state index contributed by atoms with van der Waals surface area (Å²) >= 11 is 0. The zero-order valence-corrected chi connectivity index (χ0v) is 15.0. The fourth-order valence-electron chi connectivity index (χ4n) is 3.07. The summed E-state index contributed by atoms with van der Waals surface area (Å²) in [6.07, 6.45) is 1.63. The van der Waals surface area contributed by atoms with Gasteiger partial charge in [-0.1, -0.05) is 6.07 Å². The lowest BCUT2D eigenvalue weighted by atomic mass is 10.1. The monoisotopic (exact) mass is 340 g/mol. The summed E-state index contributed by atoms with van der Waals surface area (Å²) in [5, 5.41) is 0. The summed E-state index contributed by atoms with van der Waals surface area (Å²) in [6, 6.07) is 9.47. The van der Waals surface area contributed by atoms with Gasteiger partial charge in [0.2, 0.25) is 0 Å². The Morgan fingerprint density at radius 3 is 2.44 bits per heavy atom. The number of nitrogens with zero attached hydrogens (tertiary/aromatic N) is 1. The Morgan fingerprint density at radius 1 is 1.08 bits per heavy atom. The fraction of sp³-hybridized carbons (Fsp3) is 0.400. The molecule has 1 aromatic carbocycles. The van der Waals surface area contributed by atoms with E-state index in [4.69, 9.17) is 4.74 Å². The molecule has 0 atom stereocenters. The van der Waals surface area contributed by atoms with Crippen molar-refractivity contribution in [2.45, 2.75) is 39.7 Å². The Labute approximate surface area is 147 Å². The Kier molecular flexibility index (Phi) is 4.93. The highest BCUT2D eigenvalue weighted by atomic mass is 16.5. The number of likely N-dealkylation sites (tertiary alicyclic amines) is 1. The molecule has 0 aliphatic carbocycles. The molecule has 1 aromatic heterocycles. The topological polar surface area (TPSA) is 62.4 Å². The van der Waals surface area contributed by atoms with Gasteiger partial charge in [-0.25, -0.2) is 0 Å². The number of nitrogens with one attached hydrogen (secondary N) is 1. The number of H-pyrrole nitrogens is 1. The molecule has 0 spiro atoms. The van der Waals surface area contributed by atoms with Crippen LogP contribution in [0.3, 0.4) is 0 Å². The summed E-state index contributed by atoms with van der Waals surface area (Å²) < 4.78 is 6.06. The third-order valence-electron chi connectivity index (χ3n) is 4.80. The summed E-state index contributed by atoms with van der Waals surface area (Å²) in [6.45, 7) is 7.15. The molecule has 3 rings (SSSR count). The number of rotatable bonds is 3. The van der Waals surface area contributed by atoms with Crippen molar-refractivity contribution in [3.05, 3.63) is 63.1 Å². The molecule has 132 valence electrons. The maximum absolute atomic E-state index is 12.5. The first-order valence-electron chi connectivity index (χ1n) is 8.67. The Morgan fingerprint density at radius 2 is 1.80 bits per heavy atom. The van der Waals surface area contributed by atoms with Gasteiger partial charge in [0.15, 0.2) is 0 Å². The molecule has 5 heteroatoms. The maximum Gasteiger partial charge on any atom is 0.260 e. The van der Waals surface area contributed by atoms with E-state index >= 15 is 0 Å². The lowest BCUT2D eigenvalue weighted by Crippen LogP contribution is -2.43. The lowest BCUT2D eigenvalue weighted by molar-refractivity contribution is 0.0594. The average molecular weight is 340 g/mol. The second kappa shape index (κ2) is 7.13. The van der Waals surface area contributed by atoms with Crippen LogP contribution in [0.4, 0.5) is 0 Å². The molecule has 0 bridgehead atoms. The second-order valence-electron chi connectivity index (χ2n) is 6.74. The number of carbonyl (C=O) groups excluding carboxylic acids is 1. The molecular weight excluding hydrogens is 316 g/mol. The molecule has 2 heterocycles. The Balaban J connectivity index is 1.60. The molecule has 0 unspecified atom stereocenters. The van der Waals surface area contributed by atoms with E-state index in [0.717, 1.165) is 24.3 Å². The van der Waals surface area contributed by atoms with E-state index in [1.165, 1.54) is 11.1 Å². The highest BCUT2D eigenvalue weighted by Crippen LogP contribution is 2.22. The molecule has 1 amide bonds. The number of hydrogen-bond donors (Lipinski definition) is 1. The minimum Gasteiger partial charge on any atom is -0.490 e. The average Bonchev–Trinajstić information content (AvgIpc) is 2.58. The number of aromatic amines is 1. The van der Waals surface area contributed by atoms with Crippen LogP contribution in [-0.4, -0.2) is 35.0 Å². The number of benzene rings is 1. The predicted octanol–water partition coefficient (Wildman–Crippen LogP) is 2.98. The Bertz CT molecular complexity index is 833. The number of pyridine rings is 1. The highest BCUT2D eigenvalue weighted by molar-refractivity contribution is 5.93. The lowest BCUT2D eigenvalue weighted by Gasteiger charge is -2.32. The van der Waals surface area contributed by atoms with Crippen molar-refractivity contribution in [1.29, 1.82) is 0 Å². The minimum absolute atomic E-state index is 0.0995. The number of amides is 1. The van der Waals surface area contributed by atoms with Gasteiger partial charge in [-0.15, -0.1) is 0 Å². The van der Waals surface area contributed by atoms with Crippen LogP contribution in [-0.2, 0) is 0 Å². The minimum atomic E-state index is -0.321. The van der Waals surface area contributed by atoms with Crippen LogP contribution < -0.4 is 10.3 Å². The van der Waals surface area contributed by atoms with Gasteiger partial charge in [-0.2, -0.15) is 0 Å². The van der Waals surface area contributed by atoms with Gasteiger partial charge in [0, 0.05) is 31.6 Å². The largest absolute Gasteiger partial charge is 0.490 e. The smallest absolute Gasteiger partial charge is 0.260 e. The summed E-state index contributed by atoms with van der Waals surface area (Å²) in [5.74, 6) is 0.675. The van der Waals surface area contributed by atoms with Gasteiger partial charge in [0.05, 0.1) is 0 Å². The molecule has 5 nitrogen and oxygen atoms in total. The number of aromatic nitrogens is 1. The van der Waals surface area contributed by atoms with E-state index in [1.54, 1.807) is 24.0 Å². The first-order chi connectivity index (χ1) is 11.9. The number of piperidine rings is 1. The van der Waals surface area contributed by atoms with Gasteiger partial charge in [0.1, 0.15) is 17.4 Å². The Hall–Kier alpha value is -2.56. The van der Waals surface area contributed by atoms with Crippen molar-refractivity contribution in [2.24, 2.45) is 0 Å². The zero-order chi connectivity index (χ0) is 18.0. The molecule has 0 radical (unpaired) electrons. The molecule has 25 heavy (non-hydrogen) atoms. The summed E-state index contributed by atoms with van der Waals surface area (Å²) in [5.41, 5.74) is 3.10. The predicted molar refractivity (Wildman–Crippen MR) is 97.3 cm³/mol. The molecule has 0 saturated carbocycles. The van der Waals surface area contributed by atoms with E-state index in [0.29, 0.717) is 13.1 Å². The molecule has 1 N–H and O–H groups in total. The molecule has 1 fully saturated rings. The van der Waals surface area contributed by atoms with Gasteiger partial charge >= 0.3 is 0 Å². The van der Waals surface area contributed by atoms with E-state index in [9.17, 15) is 9.59 Å². The maximum atomic E-state index is 12.5. The first kappa shape index (κ1) is 17.3. The molecule has 1 saturated heterocycles. The molecule has 1 aliphatic heterocycles. The number of aryl methyl sites for hydroxylation is 3. The molecule has 2 aromatic rings. The van der Waals surface area contributed by atoms with Crippen LogP contribution in [0.1, 0.15) is 40.0 Å². The van der Waals surface area contributed by atoms with Crippen molar-refractivity contribution in [3.63, 3.8) is 0 Å². The second-order valence-corrected chi connectivity index (χ2v) is 6.74. The van der Waals surface area contributed by atoms with E-state index in [-0.39, 0.29) is 23.1 Å². The van der Waals surface area contributed by atoms with Crippen LogP contribution in [0.2, 0.25) is 0 Å². The summed E-state index contributed by atoms with van der Waals surface area (Å²) in [7, 11) is 0. The highest BCUT2D eigenvalue weighted by Gasteiger charge is 2.26. The van der Waals surface area contributed by atoms with Crippen LogP contribution >= 0.6 is 0 Å². The summed E-state index contributed by atoms with van der Waals surface area (Å²) in [4.78, 5) is 28.9. The van der Waals surface area contributed by atoms with Crippen LogP contribution in [0, 0.1) is 20.8 Å². The SMILES string of the molecule is Cc1ccc(C(=O)N2CCC(Oc3ccc(C)c(C)c3)CC2)c(=O)[nH]1. The first-order valence-corrected chi connectivity index (χ1v) is 8.67. The van der Waals surface area contributed by atoms with Crippen LogP contribution in [0.15, 0.2) is 35.1 Å². The van der Waals surface area contributed by atoms with Gasteiger partial charge in [-0.05, 0) is 56.2 Å². The molecule has 1 aliphatic rings. The van der Waals surface area contributed by atoms with Crippen molar-refractivity contribution in [1.82, 2.24) is 9.88 Å². The van der Waals surface area contributed by atoms with Crippen LogP contribution in [0.5, 0.6) is 5.75 Å². The van der Waals surface area contributed by atoms with Gasteiger partial charge in [-0.3, -0.25) is 9.59 Å². The van der Waals surface area contributed by atoms with Gasteiger partial charge in [0.25, 0.3) is 11.5 Å². The van der Waals surface area contributed by atoms with Crippen LogP contribution in [0.25, 0.3) is 0 Å². The van der Waals surface area contributed by atoms with Crippen molar-refractivity contribution in [3.8, 4) is 5.75 Å². The zero-order valence-electron chi connectivity index (χ0n) is 15.0. The van der Waals surface area contributed by atoms with Crippen molar-refractivity contribution < 1.29 is 9.53 Å². The van der Waals surface area contributed by atoms with E-state index in [1.807, 2.05) is 6.07 Å². The van der Waals surface area contributed by atoms with E-state index < -0.39 is 0 Å². The van der Waals surface area contributed by atoms with Crippen molar-refractivity contribution in [2.75, 3.05) is 13.1 Å². The quantitative estimate of drug-likeness (QED) is 0.934. The number of carbonyl (C=O) groups is 1. The van der Waals surface area contributed by atoms with Gasteiger partial charge < -0.3 is 14.6 Å². The third kappa shape index (κ3) is 3.92. The fourth-order valence-corrected chi connectivity index (χ4v) is 3.07. The normalized spacial score (nSPS) is 15.2. The van der Waals surface area contributed by atoms with Crippen molar-refractivity contribution >= 4 is 5.91 Å². The molecular formula is C20H24N2O3. The third-order valence-corrected chi connectivity index (χ3v) is 4.80. The standard InChI is InChI=1S/C20H24N2O3/c1-13-4-6-17(12-14(13)2)25-16-8-10-22(11-9-16)20(24)18-7-5-15(3)21-19(18)23/h4-7,12,16H,8-11H2,1-3H3,(H,21,23).